The fourth-order valence-electron chi connectivity index (χ4n) is 2.97. The van der Waals surface area contributed by atoms with Crippen LogP contribution in [0.2, 0.25) is 0 Å². The normalized spacial score (nSPS) is 20.0. The SMILES string of the molecule is NC(=O)c1ccc(N(NC2CCCCC2N)c2cncc(F)c2F)nc1. The fourth-order valence-corrected chi connectivity index (χ4v) is 2.97. The Morgan fingerprint density at radius 3 is 2.62 bits per heavy atom. The Hall–Kier alpha value is -2.65. The van der Waals surface area contributed by atoms with Crippen LogP contribution in [0.15, 0.2) is 30.7 Å². The average Bonchev–Trinajstić information content (AvgIpc) is 2.64. The Morgan fingerprint density at radius 2 is 1.96 bits per heavy atom. The van der Waals surface area contributed by atoms with E-state index in [-0.39, 0.29) is 29.2 Å². The van der Waals surface area contributed by atoms with E-state index < -0.39 is 17.5 Å². The predicted octanol–water partition coefficient (Wildman–Crippen LogP) is 1.77. The number of hydrazine groups is 1. The summed E-state index contributed by atoms with van der Waals surface area (Å²) < 4.78 is 28.0. The summed E-state index contributed by atoms with van der Waals surface area (Å²) in [6.07, 6.45) is 6.91. The molecule has 0 spiro atoms. The van der Waals surface area contributed by atoms with E-state index >= 15 is 0 Å². The number of nitrogens with zero attached hydrogens (tertiary/aromatic N) is 3. The number of rotatable bonds is 5. The van der Waals surface area contributed by atoms with Crippen molar-refractivity contribution in [1.82, 2.24) is 15.4 Å². The number of halogens is 2. The molecule has 0 aliphatic heterocycles. The molecule has 26 heavy (non-hydrogen) atoms. The monoisotopic (exact) mass is 362 g/mol. The first-order valence-electron chi connectivity index (χ1n) is 8.34. The molecule has 1 aliphatic carbocycles. The largest absolute Gasteiger partial charge is 0.366 e. The van der Waals surface area contributed by atoms with Gasteiger partial charge in [-0.25, -0.2) is 19.2 Å². The number of nitrogens with one attached hydrogen (secondary N) is 1. The number of amides is 1. The van der Waals surface area contributed by atoms with Crippen LogP contribution in [0, 0.1) is 11.6 Å². The van der Waals surface area contributed by atoms with E-state index in [1.54, 1.807) is 0 Å². The lowest BCUT2D eigenvalue weighted by molar-refractivity contribution is 0.1000. The Labute approximate surface area is 149 Å². The van der Waals surface area contributed by atoms with Gasteiger partial charge in [0.15, 0.2) is 11.6 Å². The van der Waals surface area contributed by atoms with Gasteiger partial charge in [0.05, 0.1) is 18.0 Å². The second kappa shape index (κ2) is 7.71. The van der Waals surface area contributed by atoms with Crippen molar-refractivity contribution in [2.45, 2.75) is 37.8 Å². The van der Waals surface area contributed by atoms with E-state index in [2.05, 4.69) is 15.4 Å². The molecule has 1 aliphatic rings. The molecule has 0 saturated heterocycles. The highest BCUT2D eigenvalue weighted by molar-refractivity contribution is 5.92. The predicted molar refractivity (Wildman–Crippen MR) is 92.4 cm³/mol. The Morgan fingerprint density at radius 1 is 1.19 bits per heavy atom. The third-order valence-corrected chi connectivity index (χ3v) is 4.44. The molecule has 1 saturated carbocycles. The fraction of sp³-hybridized carbons (Fsp3) is 0.353. The van der Waals surface area contributed by atoms with Crippen molar-refractivity contribution in [1.29, 1.82) is 0 Å². The van der Waals surface area contributed by atoms with E-state index in [0.29, 0.717) is 0 Å². The summed E-state index contributed by atoms with van der Waals surface area (Å²) >= 11 is 0. The van der Waals surface area contributed by atoms with E-state index in [9.17, 15) is 13.6 Å². The van der Waals surface area contributed by atoms with Crippen LogP contribution in [-0.2, 0) is 0 Å². The molecule has 1 fully saturated rings. The summed E-state index contributed by atoms with van der Waals surface area (Å²) in [4.78, 5) is 19.1. The Kier molecular flexibility index (Phi) is 5.38. The van der Waals surface area contributed by atoms with Gasteiger partial charge in [0.2, 0.25) is 5.91 Å². The number of anilines is 2. The van der Waals surface area contributed by atoms with Crippen molar-refractivity contribution in [3.8, 4) is 0 Å². The number of primary amides is 1. The molecular formula is C17H20F2N6O. The van der Waals surface area contributed by atoms with Crippen molar-refractivity contribution >= 4 is 17.4 Å². The van der Waals surface area contributed by atoms with Crippen LogP contribution in [0.25, 0.3) is 0 Å². The first kappa shape index (κ1) is 18.2. The summed E-state index contributed by atoms with van der Waals surface area (Å²) in [5.41, 5.74) is 14.6. The average molecular weight is 362 g/mol. The van der Waals surface area contributed by atoms with Crippen LogP contribution < -0.4 is 21.9 Å². The molecule has 0 radical (unpaired) electrons. The van der Waals surface area contributed by atoms with Crippen molar-refractivity contribution < 1.29 is 13.6 Å². The molecule has 2 unspecified atom stereocenters. The van der Waals surface area contributed by atoms with Gasteiger partial charge >= 0.3 is 0 Å². The van der Waals surface area contributed by atoms with Crippen LogP contribution in [0.1, 0.15) is 36.0 Å². The molecular weight excluding hydrogens is 342 g/mol. The number of carbonyl (C=O) groups is 1. The smallest absolute Gasteiger partial charge is 0.250 e. The quantitative estimate of drug-likeness (QED) is 0.699. The van der Waals surface area contributed by atoms with E-state index in [4.69, 9.17) is 11.5 Å². The number of nitrogens with two attached hydrogens (primary N) is 2. The van der Waals surface area contributed by atoms with E-state index in [1.165, 1.54) is 29.5 Å². The zero-order valence-electron chi connectivity index (χ0n) is 14.0. The van der Waals surface area contributed by atoms with Gasteiger partial charge in [-0.05, 0) is 25.0 Å². The first-order chi connectivity index (χ1) is 12.5. The maximum atomic E-state index is 14.4. The van der Waals surface area contributed by atoms with Crippen LogP contribution in [0.5, 0.6) is 0 Å². The van der Waals surface area contributed by atoms with Crippen LogP contribution in [0.3, 0.4) is 0 Å². The standard InChI is InChI=1S/C17H20F2N6O/c18-11-8-22-9-14(16(11)19)25(24-13-4-2-1-3-12(13)20)15-6-5-10(7-23-15)17(21)26/h5-9,12-13,24H,1-4,20H2,(H2,21,26). The number of hydrogen-bond acceptors (Lipinski definition) is 6. The molecule has 2 aromatic heterocycles. The molecule has 1 amide bonds. The minimum Gasteiger partial charge on any atom is -0.366 e. The van der Waals surface area contributed by atoms with Gasteiger partial charge < -0.3 is 11.5 Å². The lowest BCUT2D eigenvalue weighted by Crippen LogP contribution is -2.53. The summed E-state index contributed by atoms with van der Waals surface area (Å²) in [5, 5.41) is 1.31. The molecule has 2 aromatic rings. The summed E-state index contributed by atoms with van der Waals surface area (Å²) in [6, 6.07) is 2.70. The van der Waals surface area contributed by atoms with Crippen molar-refractivity contribution in [3.05, 3.63) is 47.9 Å². The number of hydrogen-bond donors (Lipinski definition) is 3. The first-order valence-corrected chi connectivity index (χ1v) is 8.34. The van der Waals surface area contributed by atoms with E-state index in [1.807, 2.05) is 0 Å². The number of pyridine rings is 2. The van der Waals surface area contributed by atoms with Gasteiger partial charge in [0, 0.05) is 18.3 Å². The minimum absolute atomic E-state index is 0.123. The maximum Gasteiger partial charge on any atom is 0.250 e. The Balaban J connectivity index is 1.97. The number of aromatic nitrogens is 2. The van der Waals surface area contributed by atoms with Crippen molar-refractivity contribution in [2.75, 3.05) is 5.01 Å². The second-order valence-corrected chi connectivity index (χ2v) is 6.24. The lowest BCUT2D eigenvalue weighted by Gasteiger charge is -2.35. The zero-order chi connectivity index (χ0) is 18.7. The zero-order valence-corrected chi connectivity index (χ0v) is 14.0. The minimum atomic E-state index is -1.07. The van der Waals surface area contributed by atoms with Crippen LogP contribution in [0.4, 0.5) is 20.3 Å². The van der Waals surface area contributed by atoms with Gasteiger partial charge in [-0.2, -0.15) is 0 Å². The molecule has 138 valence electrons. The molecule has 0 aromatic carbocycles. The maximum absolute atomic E-state index is 14.4. The topological polar surface area (TPSA) is 110 Å². The molecule has 7 nitrogen and oxygen atoms in total. The second-order valence-electron chi connectivity index (χ2n) is 6.24. The molecule has 5 N–H and O–H groups in total. The van der Waals surface area contributed by atoms with E-state index in [0.717, 1.165) is 31.9 Å². The van der Waals surface area contributed by atoms with Gasteiger partial charge in [-0.3, -0.25) is 14.8 Å². The molecule has 0 bridgehead atoms. The highest BCUT2D eigenvalue weighted by atomic mass is 19.2. The highest BCUT2D eigenvalue weighted by Crippen LogP contribution is 2.27. The third-order valence-electron chi connectivity index (χ3n) is 4.44. The Bertz CT molecular complexity index is 785. The molecule has 3 rings (SSSR count). The summed E-state index contributed by atoms with van der Waals surface area (Å²) in [5.74, 6) is -2.50. The molecule has 9 heteroatoms. The summed E-state index contributed by atoms with van der Waals surface area (Å²) in [6.45, 7) is 0. The highest BCUT2D eigenvalue weighted by Gasteiger charge is 2.27. The van der Waals surface area contributed by atoms with Gasteiger partial charge in [-0.15, -0.1) is 0 Å². The van der Waals surface area contributed by atoms with Crippen molar-refractivity contribution in [2.24, 2.45) is 11.5 Å². The van der Waals surface area contributed by atoms with Gasteiger partial charge in [0.25, 0.3) is 0 Å². The molecule has 2 atom stereocenters. The number of carbonyl (C=O) groups excluding carboxylic acids is 1. The van der Waals surface area contributed by atoms with Gasteiger partial charge in [0.1, 0.15) is 11.5 Å². The third kappa shape index (κ3) is 3.78. The lowest BCUT2D eigenvalue weighted by atomic mass is 9.91. The summed E-state index contributed by atoms with van der Waals surface area (Å²) in [7, 11) is 0. The molecule has 2 heterocycles. The van der Waals surface area contributed by atoms with Crippen LogP contribution in [-0.4, -0.2) is 28.0 Å². The van der Waals surface area contributed by atoms with Crippen molar-refractivity contribution in [3.63, 3.8) is 0 Å². The van der Waals surface area contributed by atoms with Crippen LogP contribution >= 0.6 is 0 Å². The van der Waals surface area contributed by atoms with Gasteiger partial charge in [-0.1, -0.05) is 12.8 Å².